The number of anilines is 3. The Morgan fingerprint density at radius 3 is 2.59 bits per heavy atom. The highest BCUT2D eigenvalue weighted by Gasteiger charge is 2.46. The first-order valence-corrected chi connectivity index (χ1v) is 11.9. The summed E-state index contributed by atoms with van der Waals surface area (Å²) in [5.74, 6) is 2.39. The van der Waals surface area contributed by atoms with E-state index in [1.54, 1.807) is 18.3 Å². The Hall–Kier alpha value is -3.25. The molecule has 1 aliphatic heterocycles. The van der Waals surface area contributed by atoms with E-state index in [1.165, 1.54) is 24.8 Å². The topological polar surface area (TPSA) is 141 Å². The number of hydrogen-bond acceptors (Lipinski definition) is 9. The molecule has 0 unspecified atom stereocenters. The number of nitrogens with zero attached hydrogens (tertiary/aromatic N) is 6. The van der Waals surface area contributed by atoms with Crippen molar-refractivity contribution in [2.24, 2.45) is 10.2 Å². The summed E-state index contributed by atoms with van der Waals surface area (Å²) < 4.78 is 30.9. The van der Waals surface area contributed by atoms with Crippen LogP contribution in [0, 0.1) is 0 Å². The van der Waals surface area contributed by atoms with Gasteiger partial charge in [-0.05, 0) is 31.0 Å². The highest BCUT2D eigenvalue weighted by Crippen LogP contribution is 2.45. The first-order chi connectivity index (χ1) is 15.3. The minimum Gasteiger partial charge on any atom is -0.481 e. The summed E-state index contributed by atoms with van der Waals surface area (Å²) in [4.78, 5) is 13.2. The van der Waals surface area contributed by atoms with E-state index in [4.69, 9.17) is 20.0 Å². The lowest BCUT2D eigenvalue weighted by Gasteiger charge is -2.43. The molecule has 0 aromatic carbocycles. The lowest BCUT2D eigenvalue weighted by molar-refractivity contribution is 0.222. The molecule has 0 atom stereocenters. The normalized spacial score (nSPS) is 17.8. The van der Waals surface area contributed by atoms with Crippen molar-refractivity contribution in [3.05, 3.63) is 30.6 Å². The Kier molecular flexibility index (Phi) is 4.78. The Morgan fingerprint density at radius 2 is 1.94 bits per heavy atom. The highest BCUT2D eigenvalue weighted by atomic mass is 32.2. The van der Waals surface area contributed by atoms with Crippen LogP contribution in [0.15, 0.2) is 40.6 Å². The standard InChI is InChI=1S/C20H24N8O3S/c1-27-16-10-13-11-23-19(24-15-7-6-14(12-22-15)32(21,29)30)25-17(13)28(16)20(18(26-27)31-2)8-4-3-5-9-20/h6-7,10-12H,3-5,8-9H2,1-2H3,(H2,21,29,30)(H,22,23,24,25). The minimum absolute atomic E-state index is 0.0614. The number of sulfonamides is 1. The molecule has 0 saturated heterocycles. The molecule has 1 aliphatic carbocycles. The summed E-state index contributed by atoms with van der Waals surface area (Å²) in [6.45, 7) is 0. The van der Waals surface area contributed by atoms with Gasteiger partial charge in [-0.1, -0.05) is 19.3 Å². The molecule has 0 amide bonds. The number of primary sulfonamides is 1. The lowest BCUT2D eigenvalue weighted by Crippen LogP contribution is -2.49. The maximum Gasteiger partial charge on any atom is 0.239 e. The number of pyridine rings is 1. The van der Waals surface area contributed by atoms with E-state index < -0.39 is 10.0 Å². The van der Waals surface area contributed by atoms with E-state index >= 15 is 0 Å². The number of hydrogen-bond donors (Lipinski definition) is 2. The Labute approximate surface area is 185 Å². The summed E-state index contributed by atoms with van der Waals surface area (Å²) in [7, 11) is -0.248. The zero-order chi connectivity index (χ0) is 22.5. The number of ether oxygens (including phenoxy) is 1. The van der Waals surface area contributed by atoms with Crippen LogP contribution in [0.25, 0.3) is 11.0 Å². The fourth-order valence-corrected chi connectivity index (χ4v) is 5.07. The number of hydrazone groups is 1. The first-order valence-electron chi connectivity index (χ1n) is 10.3. The van der Waals surface area contributed by atoms with Crippen LogP contribution < -0.4 is 15.5 Å². The molecule has 4 heterocycles. The van der Waals surface area contributed by atoms with Gasteiger partial charge in [-0.2, -0.15) is 4.98 Å². The average Bonchev–Trinajstić information content (AvgIpc) is 3.17. The number of nitrogens with one attached hydrogen (secondary N) is 1. The van der Waals surface area contributed by atoms with Gasteiger partial charge in [-0.25, -0.2) is 28.5 Å². The third kappa shape index (κ3) is 3.26. The van der Waals surface area contributed by atoms with Crippen LogP contribution in [0.3, 0.4) is 0 Å². The third-order valence-electron chi connectivity index (χ3n) is 6.10. The predicted octanol–water partition coefficient (Wildman–Crippen LogP) is 2.29. The van der Waals surface area contributed by atoms with Gasteiger partial charge in [0.25, 0.3) is 0 Å². The van der Waals surface area contributed by atoms with Crippen molar-refractivity contribution in [2.45, 2.75) is 42.5 Å². The molecular formula is C20H24N8O3S. The van der Waals surface area contributed by atoms with Crippen molar-refractivity contribution in [1.29, 1.82) is 0 Å². The molecule has 0 radical (unpaired) electrons. The number of nitrogens with two attached hydrogens (primary N) is 1. The van der Waals surface area contributed by atoms with Crippen molar-refractivity contribution in [3.63, 3.8) is 0 Å². The van der Waals surface area contributed by atoms with Gasteiger partial charge >= 0.3 is 0 Å². The molecule has 2 aliphatic rings. The zero-order valence-corrected chi connectivity index (χ0v) is 18.6. The number of methoxy groups -OCH3 is 1. The molecule has 12 heteroatoms. The molecule has 1 fully saturated rings. The van der Waals surface area contributed by atoms with Crippen molar-refractivity contribution in [3.8, 4) is 0 Å². The average molecular weight is 457 g/mol. The van der Waals surface area contributed by atoms with Crippen LogP contribution in [0.1, 0.15) is 32.1 Å². The Balaban J connectivity index is 1.58. The van der Waals surface area contributed by atoms with Crippen LogP contribution in [-0.4, -0.2) is 48.0 Å². The van der Waals surface area contributed by atoms with Crippen molar-refractivity contribution in [1.82, 2.24) is 19.5 Å². The van der Waals surface area contributed by atoms with Crippen LogP contribution in [0.5, 0.6) is 0 Å². The lowest BCUT2D eigenvalue weighted by atomic mass is 9.80. The van der Waals surface area contributed by atoms with Gasteiger partial charge in [-0.3, -0.25) is 4.57 Å². The largest absolute Gasteiger partial charge is 0.481 e. The first kappa shape index (κ1) is 20.6. The second-order valence-corrected chi connectivity index (χ2v) is 9.65. The van der Waals surface area contributed by atoms with Gasteiger partial charge in [0.2, 0.25) is 21.9 Å². The van der Waals surface area contributed by atoms with Crippen molar-refractivity contribution < 1.29 is 13.2 Å². The Morgan fingerprint density at radius 1 is 1.16 bits per heavy atom. The smallest absolute Gasteiger partial charge is 0.239 e. The van der Waals surface area contributed by atoms with Crippen LogP contribution in [0.2, 0.25) is 0 Å². The number of aromatic nitrogens is 4. The molecule has 32 heavy (non-hydrogen) atoms. The summed E-state index contributed by atoms with van der Waals surface area (Å²) in [6, 6.07) is 4.94. The molecule has 168 valence electrons. The van der Waals surface area contributed by atoms with Crippen LogP contribution >= 0.6 is 0 Å². The molecule has 11 nitrogen and oxygen atoms in total. The highest BCUT2D eigenvalue weighted by molar-refractivity contribution is 7.89. The molecule has 1 spiro atoms. The molecular weight excluding hydrogens is 432 g/mol. The molecule has 0 bridgehead atoms. The van der Waals surface area contributed by atoms with Crippen molar-refractivity contribution >= 4 is 44.5 Å². The SMILES string of the molecule is COC1=NN(C)c2cc3cnc(Nc4ccc(S(N)(=O)=O)cn4)nc3n2C12CCCCC2. The van der Waals surface area contributed by atoms with Gasteiger partial charge in [0, 0.05) is 24.8 Å². The van der Waals surface area contributed by atoms with Gasteiger partial charge in [0.05, 0.1) is 7.11 Å². The predicted molar refractivity (Wildman–Crippen MR) is 120 cm³/mol. The Bertz CT molecular complexity index is 1310. The van der Waals surface area contributed by atoms with E-state index in [1.807, 2.05) is 13.1 Å². The van der Waals surface area contributed by atoms with Crippen LogP contribution in [-0.2, 0) is 20.3 Å². The van der Waals surface area contributed by atoms with Gasteiger partial charge < -0.3 is 10.1 Å². The third-order valence-corrected chi connectivity index (χ3v) is 7.00. The second kappa shape index (κ2) is 7.41. The molecule has 5 rings (SSSR count). The zero-order valence-electron chi connectivity index (χ0n) is 17.8. The molecule has 1 saturated carbocycles. The monoisotopic (exact) mass is 456 g/mol. The van der Waals surface area contributed by atoms with Gasteiger partial charge in [0.1, 0.15) is 27.7 Å². The maximum atomic E-state index is 11.4. The van der Waals surface area contributed by atoms with Gasteiger partial charge in [-0.15, -0.1) is 5.10 Å². The molecule has 3 aromatic heterocycles. The quantitative estimate of drug-likeness (QED) is 0.612. The van der Waals surface area contributed by atoms with E-state index in [-0.39, 0.29) is 10.4 Å². The van der Waals surface area contributed by atoms with Crippen molar-refractivity contribution in [2.75, 3.05) is 24.5 Å². The molecule has 3 aromatic rings. The maximum absolute atomic E-state index is 11.4. The number of rotatable bonds is 3. The fourth-order valence-electron chi connectivity index (χ4n) is 4.61. The second-order valence-electron chi connectivity index (χ2n) is 8.08. The van der Waals surface area contributed by atoms with E-state index in [0.717, 1.165) is 42.5 Å². The van der Waals surface area contributed by atoms with E-state index in [9.17, 15) is 8.42 Å². The van der Waals surface area contributed by atoms with Crippen LogP contribution in [0.4, 0.5) is 17.6 Å². The summed E-state index contributed by atoms with van der Waals surface area (Å²) >= 11 is 0. The summed E-state index contributed by atoms with van der Waals surface area (Å²) in [5, 5.41) is 15.6. The molecule has 3 N–H and O–H groups in total. The number of fused-ring (bicyclic) bond motifs is 4. The fraction of sp³-hybridized carbons (Fsp3) is 0.400. The van der Waals surface area contributed by atoms with Gasteiger partial charge in [0.15, 0.2) is 0 Å². The van der Waals surface area contributed by atoms with E-state index in [0.29, 0.717) is 17.7 Å². The summed E-state index contributed by atoms with van der Waals surface area (Å²) in [5.41, 5.74) is 0.397. The van der Waals surface area contributed by atoms with E-state index in [2.05, 4.69) is 19.9 Å². The summed E-state index contributed by atoms with van der Waals surface area (Å²) in [6.07, 6.45) is 8.16. The minimum atomic E-state index is -3.81.